The summed E-state index contributed by atoms with van der Waals surface area (Å²) < 4.78 is 12.0. The standard InChI is InChI=1S/C24H26N2O5/c25-26-24(29)22(28)21(27)20(31-24)16-30-23(17-10-4-1-5-11-17,18-12-6-2-7-13-18)19-14-8-3-9-15-19/h1-15,20-22,26-29H,16,25H2/t20-,21-,22-,24-/m1/s1. The number of ether oxygens (including phenoxy) is 2. The fourth-order valence-corrected chi connectivity index (χ4v) is 4.03. The molecule has 3 aromatic rings. The van der Waals surface area contributed by atoms with E-state index < -0.39 is 29.8 Å². The SMILES string of the molecule is NN[C@]1(O)O[C@H](COC(c2ccccc2)(c2ccccc2)c2ccccc2)[C@@H](O)[C@H]1O. The van der Waals surface area contributed by atoms with E-state index >= 15 is 0 Å². The molecule has 7 heteroatoms. The van der Waals surface area contributed by atoms with Crippen LogP contribution in [0.25, 0.3) is 0 Å². The summed E-state index contributed by atoms with van der Waals surface area (Å²) in [5, 5.41) is 30.8. The normalized spacial score (nSPS) is 26.1. The molecule has 0 unspecified atom stereocenters. The van der Waals surface area contributed by atoms with Gasteiger partial charge in [0.15, 0.2) is 6.10 Å². The Balaban J connectivity index is 1.78. The lowest BCUT2D eigenvalue weighted by Gasteiger charge is -2.37. The molecule has 0 aliphatic carbocycles. The summed E-state index contributed by atoms with van der Waals surface area (Å²) in [4.78, 5) is 0. The molecule has 0 saturated carbocycles. The van der Waals surface area contributed by atoms with E-state index in [1.807, 2.05) is 96.4 Å². The summed E-state index contributed by atoms with van der Waals surface area (Å²) in [5.74, 6) is 3.04. The van der Waals surface area contributed by atoms with Crippen molar-refractivity contribution in [2.24, 2.45) is 5.84 Å². The van der Waals surface area contributed by atoms with E-state index in [-0.39, 0.29) is 6.61 Å². The molecule has 0 amide bonds. The number of hydrogen-bond donors (Lipinski definition) is 5. The van der Waals surface area contributed by atoms with Crippen LogP contribution in [0.3, 0.4) is 0 Å². The molecule has 1 aliphatic rings. The number of hydrogen-bond acceptors (Lipinski definition) is 7. The molecule has 7 nitrogen and oxygen atoms in total. The van der Waals surface area contributed by atoms with Gasteiger partial charge in [-0.25, -0.2) is 5.43 Å². The molecule has 3 aromatic carbocycles. The Bertz CT molecular complexity index is 876. The lowest BCUT2D eigenvalue weighted by atomic mass is 9.80. The summed E-state index contributed by atoms with van der Waals surface area (Å²) in [6, 6.07) is 29.2. The van der Waals surface area contributed by atoms with E-state index in [1.54, 1.807) is 0 Å². The number of hydrazine groups is 1. The van der Waals surface area contributed by atoms with Gasteiger partial charge in [0.2, 0.25) is 0 Å². The van der Waals surface area contributed by atoms with E-state index in [2.05, 4.69) is 0 Å². The maximum absolute atomic E-state index is 10.4. The number of nitrogens with two attached hydrogens (primary N) is 1. The smallest absolute Gasteiger partial charge is 0.268 e. The molecule has 0 radical (unpaired) electrons. The zero-order valence-electron chi connectivity index (χ0n) is 16.8. The first-order valence-electron chi connectivity index (χ1n) is 10.1. The first kappa shape index (κ1) is 21.6. The average molecular weight is 422 g/mol. The van der Waals surface area contributed by atoms with Crippen LogP contribution >= 0.6 is 0 Å². The van der Waals surface area contributed by atoms with E-state index in [1.165, 1.54) is 0 Å². The lowest BCUT2D eigenvalue weighted by Crippen LogP contribution is -2.57. The third-order valence-electron chi connectivity index (χ3n) is 5.65. The topological polar surface area (TPSA) is 117 Å². The van der Waals surface area contributed by atoms with Gasteiger partial charge in [0, 0.05) is 0 Å². The molecule has 1 aliphatic heterocycles. The second-order valence-electron chi connectivity index (χ2n) is 7.52. The van der Waals surface area contributed by atoms with Crippen molar-refractivity contribution in [1.82, 2.24) is 5.43 Å². The van der Waals surface area contributed by atoms with Crippen LogP contribution in [0.4, 0.5) is 0 Å². The van der Waals surface area contributed by atoms with Crippen molar-refractivity contribution in [2.45, 2.75) is 29.8 Å². The summed E-state index contributed by atoms with van der Waals surface area (Å²) in [5.41, 5.74) is 3.64. The number of aliphatic hydroxyl groups is 3. The van der Waals surface area contributed by atoms with Crippen LogP contribution in [0.1, 0.15) is 16.7 Å². The van der Waals surface area contributed by atoms with Gasteiger partial charge in [-0.05, 0) is 16.7 Å². The summed E-state index contributed by atoms with van der Waals surface area (Å²) in [6.45, 7) is -0.124. The van der Waals surface area contributed by atoms with Gasteiger partial charge in [0.25, 0.3) is 5.91 Å². The van der Waals surface area contributed by atoms with E-state index in [0.29, 0.717) is 0 Å². The number of benzene rings is 3. The molecule has 6 N–H and O–H groups in total. The van der Waals surface area contributed by atoms with Gasteiger partial charge in [0.1, 0.15) is 17.8 Å². The van der Waals surface area contributed by atoms with Crippen LogP contribution in [0.2, 0.25) is 0 Å². The van der Waals surface area contributed by atoms with Crippen molar-refractivity contribution in [2.75, 3.05) is 6.61 Å². The highest BCUT2D eigenvalue weighted by Gasteiger charge is 2.54. The van der Waals surface area contributed by atoms with Gasteiger partial charge in [-0.1, -0.05) is 91.0 Å². The van der Waals surface area contributed by atoms with E-state index in [4.69, 9.17) is 15.3 Å². The highest BCUT2D eigenvalue weighted by Crippen LogP contribution is 2.41. The van der Waals surface area contributed by atoms with Gasteiger partial charge in [-0.2, -0.15) is 0 Å². The van der Waals surface area contributed by atoms with E-state index in [9.17, 15) is 15.3 Å². The number of aliphatic hydroxyl groups excluding tert-OH is 2. The minimum atomic E-state index is -2.26. The monoisotopic (exact) mass is 422 g/mol. The minimum Gasteiger partial charge on any atom is -0.387 e. The second-order valence-corrected chi connectivity index (χ2v) is 7.52. The average Bonchev–Trinajstić information content (AvgIpc) is 3.06. The van der Waals surface area contributed by atoms with Crippen LogP contribution in [-0.2, 0) is 15.1 Å². The van der Waals surface area contributed by atoms with Gasteiger partial charge >= 0.3 is 0 Å². The van der Waals surface area contributed by atoms with Crippen molar-refractivity contribution in [1.29, 1.82) is 0 Å². The molecule has 1 heterocycles. The Morgan fingerprint density at radius 2 is 1.26 bits per heavy atom. The number of nitrogens with one attached hydrogen (secondary N) is 1. The largest absolute Gasteiger partial charge is 0.387 e. The molecule has 1 fully saturated rings. The fraction of sp³-hybridized carbons (Fsp3) is 0.250. The van der Waals surface area contributed by atoms with Crippen LogP contribution < -0.4 is 11.3 Å². The Labute approximate surface area is 180 Å². The predicted octanol–water partition coefficient (Wildman–Crippen LogP) is 1.23. The van der Waals surface area contributed by atoms with Gasteiger partial charge in [-0.3, -0.25) is 5.84 Å². The zero-order chi connectivity index (χ0) is 21.9. The van der Waals surface area contributed by atoms with Gasteiger partial charge < -0.3 is 24.8 Å². The molecule has 162 valence electrons. The van der Waals surface area contributed by atoms with Crippen molar-refractivity contribution < 1.29 is 24.8 Å². The summed E-state index contributed by atoms with van der Waals surface area (Å²) >= 11 is 0. The molecular formula is C24H26N2O5. The molecule has 0 bridgehead atoms. The van der Waals surface area contributed by atoms with Crippen molar-refractivity contribution in [3.8, 4) is 0 Å². The van der Waals surface area contributed by atoms with Crippen molar-refractivity contribution >= 4 is 0 Å². The molecule has 0 spiro atoms. The third kappa shape index (κ3) is 3.88. The molecule has 1 saturated heterocycles. The molecule has 4 rings (SSSR count). The quantitative estimate of drug-likeness (QED) is 0.168. The predicted molar refractivity (Wildman–Crippen MR) is 114 cm³/mol. The Kier molecular flexibility index (Phi) is 6.17. The first-order chi connectivity index (χ1) is 15.0. The first-order valence-corrected chi connectivity index (χ1v) is 10.1. The maximum atomic E-state index is 10.4. The minimum absolute atomic E-state index is 0.124. The van der Waals surface area contributed by atoms with Crippen LogP contribution in [0.5, 0.6) is 0 Å². The van der Waals surface area contributed by atoms with Crippen LogP contribution in [-0.4, -0.2) is 46.1 Å². The highest BCUT2D eigenvalue weighted by atomic mass is 16.7. The van der Waals surface area contributed by atoms with Crippen LogP contribution in [0.15, 0.2) is 91.0 Å². The van der Waals surface area contributed by atoms with Crippen molar-refractivity contribution in [3.63, 3.8) is 0 Å². The maximum Gasteiger partial charge on any atom is 0.268 e. The molecular weight excluding hydrogens is 396 g/mol. The zero-order valence-corrected chi connectivity index (χ0v) is 16.8. The van der Waals surface area contributed by atoms with Gasteiger partial charge in [-0.15, -0.1) is 0 Å². The van der Waals surface area contributed by atoms with E-state index in [0.717, 1.165) is 16.7 Å². The fourth-order valence-electron chi connectivity index (χ4n) is 4.03. The number of rotatable bonds is 7. The lowest BCUT2D eigenvalue weighted by molar-refractivity contribution is -0.253. The Morgan fingerprint density at radius 3 is 1.61 bits per heavy atom. The Morgan fingerprint density at radius 1 is 0.839 bits per heavy atom. The summed E-state index contributed by atoms with van der Waals surface area (Å²) in [6.07, 6.45) is -4.06. The molecule has 4 atom stereocenters. The highest BCUT2D eigenvalue weighted by molar-refractivity contribution is 5.47. The molecule has 0 aromatic heterocycles. The Hall–Kier alpha value is -2.62. The summed E-state index contributed by atoms with van der Waals surface area (Å²) in [7, 11) is 0. The van der Waals surface area contributed by atoms with Crippen molar-refractivity contribution in [3.05, 3.63) is 108 Å². The third-order valence-corrected chi connectivity index (χ3v) is 5.65. The molecule has 31 heavy (non-hydrogen) atoms. The second kappa shape index (κ2) is 8.86. The van der Waals surface area contributed by atoms with Gasteiger partial charge in [0.05, 0.1) is 6.61 Å². The van der Waals surface area contributed by atoms with Crippen LogP contribution in [0, 0.1) is 0 Å².